The topological polar surface area (TPSA) is 121 Å². The van der Waals surface area contributed by atoms with E-state index >= 15 is 0 Å². The summed E-state index contributed by atoms with van der Waals surface area (Å²) in [5.74, 6) is -2.68. The molecule has 0 aromatic rings. The second-order valence-corrected chi connectivity index (χ2v) is 4.95. The molecular weight excluding hydrogens is 254 g/mol. The summed E-state index contributed by atoms with van der Waals surface area (Å²) in [5, 5.41) is 36.3. The van der Waals surface area contributed by atoms with E-state index in [4.69, 9.17) is 10.2 Å². The zero-order chi connectivity index (χ0) is 14.4. The maximum Gasteiger partial charge on any atom is 0.338 e. The Morgan fingerprint density at radius 2 is 1.37 bits per heavy atom. The molecule has 109 valence electrons. The highest BCUT2D eigenvalue weighted by molar-refractivity contribution is 5.73. The molecule has 7 nitrogen and oxygen atoms in total. The first-order valence-electron chi connectivity index (χ1n) is 6.47. The van der Waals surface area contributed by atoms with Crippen molar-refractivity contribution in [1.29, 1.82) is 0 Å². The molecule has 0 spiro atoms. The summed E-state index contributed by atoms with van der Waals surface area (Å²) in [6.07, 6.45) is 1.62. The maximum atomic E-state index is 10.7. The molecule has 2 atom stereocenters. The van der Waals surface area contributed by atoms with Crippen LogP contribution in [-0.4, -0.2) is 63.7 Å². The highest BCUT2D eigenvalue weighted by Crippen LogP contribution is 2.21. The van der Waals surface area contributed by atoms with Crippen molar-refractivity contribution in [3.63, 3.8) is 0 Å². The Hall–Kier alpha value is -1.18. The Bertz CT molecular complexity index is 293. The molecule has 19 heavy (non-hydrogen) atoms. The molecule has 1 fully saturated rings. The van der Waals surface area contributed by atoms with Crippen molar-refractivity contribution in [1.82, 2.24) is 4.90 Å². The van der Waals surface area contributed by atoms with Crippen LogP contribution in [0.3, 0.4) is 0 Å². The fourth-order valence-electron chi connectivity index (χ4n) is 2.42. The van der Waals surface area contributed by atoms with Crippen LogP contribution in [-0.2, 0) is 9.59 Å². The molecule has 0 aromatic heterocycles. The number of aliphatic hydroxyl groups is 2. The zero-order valence-electron chi connectivity index (χ0n) is 10.7. The fraction of sp³-hybridized carbons (Fsp3) is 0.833. The van der Waals surface area contributed by atoms with Crippen molar-refractivity contribution in [2.75, 3.05) is 13.1 Å². The molecule has 0 aromatic carbocycles. The van der Waals surface area contributed by atoms with Crippen molar-refractivity contribution in [2.24, 2.45) is 0 Å². The summed E-state index contributed by atoms with van der Waals surface area (Å²) < 4.78 is 0. The van der Waals surface area contributed by atoms with Gasteiger partial charge in [0.2, 0.25) is 12.2 Å². The summed E-state index contributed by atoms with van der Waals surface area (Å²) in [5.41, 5.74) is 0. The minimum Gasteiger partial charge on any atom is -0.479 e. The average molecular weight is 275 g/mol. The fourth-order valence-corrected chi connectivity index (χ4v) is 2.42. The molecule has 7 heteroatoms. The van der Waals surface area contributed by atoms with Crippen molar-refractivity contribution < 1.29 is 30.0 Å². The van der Waals surface area contributed by atoms with Gasteiger partial charge >= 0.3 is 11.9 Å². The van der Waals surface area contributed by atoms with Crippen LogP contribution in [0.2, 0.25) is 0 Å². The Morgan fingerprint density at radius 3 is 1.74 bits per heavy atom. The lowest BCUT2D eigenvalue weighted by atomic mass is 9.93. The molecule has 1 aliphatic carbocycles. The van der Waals surface area contributed by atoms with Crippen molar-refractivity contribution in [3.8, 4) is 0 Å². The van der Waals surface area contributed by atoms with E-state index in [1.165, 1.54) is 0 Å². The van der Waals surface area contributed by atoms with Crippen LogP contribution >= 0.6 is 0 Å². The SMILES string of the molecule is O=C(O)C(O)C[N+](CC(O)C(=O)O)C1CCCCC1. The van der Waals surface area contributed by atoms with Gasteiger partial charge in [-0.25, -0.2) is 9.59 Å². The summed E-state index contributed by atoms with van der Waals surface area (Å²) in [6.45, 7) is -0.325. The standard InChI is InChI=1S/C12H21NO6/c14-9(11(16)17)6-13(7-10(15)12(18)19)8-4-2-1-3-5-8/h8-10,14-15H,1-7H2,(H,16,17)(H,18,19)/q+1. The Labute approximate surface area is 111 Å². The average Bonchev–Trinajstić information content (AvgIpc) is 2.38. The van der Waals surface area contributed by atoms with Crippen LogP contribution in [0.1, 0.15) is 32.1 Å². The van der Waals surface area contributed by atoms with E-state index < -0.39 is 24.1 Å². The van der Waals surface area contributed by atoms with Gasteiger partial charge in [-0.05, 0) is 12.8 Å². The molecule has 2 unspecified atom stereocenters. The summed E-state index contributed by atoms with van der Waals surface area (Å²) in [7, 11) is 0. The molecule has 1 saturated carbocycles. The Balaban J connectivity index is 2.65. The van der Waals surface area contributed by atoms with E-state index in [0.29, 0.717) is 0 Å². The number of rotatable bonds is 7. The van der Waals surface area contributed by atoms with Gasteiger partial charge in [0.05, 0.1) is 0 Å². The van der Waals surface area contributed by atoms with Gasteiger partial charge in [-0.2, -0.15) is 4.90 Å². The lowest BCUT2D eigenvalue weighted by Crippen LogP contribution is -2.52. The molecule has 0 aliphatic heterocycles. The maximum absolute atomic E-state index is 10.7. The number of hydrogen-bond acceptors (Lipinski definition) is 5. The van der Waals surface area contributed by atoms with Crippen molar-refractivity contribution >= 4 is 11.9 Å². The second-order valence-electron chi connectivity index (χ2n) is 4.95. The minimum absolute atomic E-state index is 0.0248. The quantitative estimate of drug-likeness (QED) is 0.458. The minimum atomic E-state index is -1.57. The Kier molecular flexibility index (Phi) is 6.20. The normalized spacial score (nSPS) is 20.2. The second kappa shape index (κ2) is 7.42. The molecular formula is C12H21NO6+. The van der Waals surface area contributed by atoms with Gasteiger partial charge in [-0.15, -0.1) is 0 Å². The predicted molar refractivity (Wildman–Crippen MR) is 66.0 cm³/mol. The number of carboxylic acid groups (broad SMARTS) is 2. The number of carbonyl (C=O) groups is 2. The van der Waals surface area contributed by atoms with Gasteiger partial charge in [0.25, 0.3) is 0 Å². The van der Waals surface area contributed by atoms with E-state index in [9.17, 15) is 19.8 Å². The third-order valence-corrected chi connectivity index (χ3v) is 3.48. The van der Waals surface area contributed by atoms with Gasteiger partial charge < -0.3 is 20.4 Å². The third kappa shape index (κ3) is 5.14. The molecule has 0 saturated heterocycles. The van der Waals surface area contributed by atoms with Crippen LogP contribution < -0.4 is 4.90 Å². The first kappa shape index (κ1) is 15.9. The zero-order valence-corrected chi connectivity index (χ0v) is 10.7. The molecule has 1 rings (SSSR count). The first-order valence-corrected chi connectivity index (χ1v) is 6.47. The van der Waals surface area contributed by atoms with Crippen LogP contribution in [0.5, 0.6) is 0 Å². The number of carboxylic acids is 2. The van der Waals surface area contributed by atoms with Gasteiger partial charge in [-0.1, -0.05) is 6.42 Å². The molecule has 0 bridgehead atoms. The van der Waals surface area contributed by atoms with Crippen LogP contribution in [0.25, 0.3) is 0 Å². The van der Waals surface area contributed by atoms with E-state index in [1.54, 1.807) is 4.90 Å². The van der Waals surface area contributed by atoms with E-state index in [-0.39, 0.29) is 19.1 Å². The molecule has 4 N–H and O–H groups in total. The van der Waals surface area contributed by atoms with Crippen LogP contribution in [0.15, 0.2) is 0 Å². The first-order chi connectivity index (χ1) is 8.91. The van der Waals surface area contributed by atoms with Crippen molar-refractivity contribution in [2.45, 2.75) is 50.4 Å². The highest BCUT2D eigenvalue weighted by atomic mass is 16.4. The smallest absolute Gasteiger partial charge is 0.338 e. The predicted octanol–water partition coefficient (Wildman–Crippen LogP) is -0.650. The van der Waals surface area contributed by atoms with Crippen molar-refractivity contribution in [3.05, 3.63) is 0 Å². The number of aliphatic hydroxyl groups excluding tert-OH is 2. The lowest BCUT2D eigenvalue weighted by Gasteiger charge is -2.26. The van der Waals surface area contributed by atoms with Gasteiger partial charge in [0, 0.05) is 12.8 Å². The van der Waals surface area contributed by atoms with Crippen LogP contribution in [0.4, 0.5) is 0 Å². The monoisotopic (exact) mass is 275 g/mol. The Morgan fingerprint density at radius 1 is 0.947 bits per heavy atom. The lowest BCUT2D eigenvalue weighted by molar-refractivity contribution is -0.148. The molecule has 1 radical (unpaired) electrons. The third-order valence-electron chi connectivity index (χ3n) is 3.48. The number of hydrogen-bond donors (Lipinski definition) is 4. The van der Waals surface area contributed by atoms with Gasteiger partial charge in [0.1, 0.15) is 6.04 Å². The summed E-state index contributed by atoms with van der Waals surface area (Å²) >= 11 is 0. The molecule has 1 aliphatic rings. The molecule has 0 heterocycles. The summed E-state index contributed by atoms with van der Waals surface area (Å²) in [4.78, 5) is 22.9. The van der Waals surface area contributed by atoms with E-state index in [1.807, 2.05) is 0 Å². The largest absolute Gasteiger partial charge is 0.479 e. The summed E-state index contributed by atoms with van der Waals surface area (Å²) in [6, 6.07) is 0.0248. The van der Waals surface area contributed by atoms with Crippen LogP contribution in [0, 0.1) is 0 Å². The molecule has 0 amide bonds. The van der Waals surface area contributed by atoms with Gasteiger partial charge in [0.15, 0.2) is 13.1 Å². The van der Waals surface area contributed by atoms with E-state index in [0.717, 1.165) is 32.1 Å². The number of aliphatic carboxylic acids is 2. The highest BCUT2D eigenvalue weighted by Gasteiger charge is 2.36. The van der Waals surface area contributed by atoms with E-state index in [2.05, 4.69) is 0 Å². The number of nitrogens with zero attached hydrogens (tertiary/aromatic N) is 1. The van der Waals surface area contributed by atoms with Gasteiger partial charge in [-0.3, -0.25) is 0 Å².